The Morgan fingerprint density at radius 1 is 1.43 bits per heavy atom. The summed E-state index contributed by atoms with van der Waals surface area (Å²) in [6.07, 6.45) is 3.29. The molecule has 0 radical (unpaired) electrons. The summed E-state index contributed by atoms with van der Waals surface area (Å²) < 4.78 is 3.05. The van der Waals surface area contributed by atoms with Gasteiger partial charge in [0.15, 0.2) is 6.29 Å². The number of nitro groups is 1. The van der Waals surface area contributed by atoms with Crippen LogP contribution in [0.2, 0.25) is 0 Å². The maximum Gasteiger partial charge on any atom is 0.390 e. The summed E-state index contributed by atoms with van der Waals surface area (Å²) in [5.41, 5.74) is 1.26. The highest BCUT2D eigenvalue weighted by Gasteiger charge is 2.21. The lowest BCUT2D eigenvalue weighted by Crippen LogP contribution is -2.02. The van der Waals surface area contributed by atoms with Crippen molar-refractivity contribution >= 4 is 12.1 Å². The number of carbonyl (C=O) groups excluding carboxylic acids is 1. The van der Waals surface area contributed by atoms with Crippen molar-refractivity contribution < 1.29 is 9.72 Å². The molecule has 2 rings (SSSR count). The predicted molar refractivity (Wildman–Crippen MR) is 75.9 cm³/mol. The van der Waals surface area contributed by atoms with Gasteiger partial charge >= 0.3 is 5.82 Å². The number of carbonyl (C=O) groups is 1. The average molecular weight is 291 g/mol. The van der Waals surface area contributed by atoms with E-state index in [0.29, 0.717) is 35.7 Å². The van der Waals surface area contributed by atoms with Gasteiger partial charge < -0.3 is 10.1 Å². The fourth-order valence-corrected chi connectivity index (χ4v) is 1.99. The molecule has 0 unspecified atom stereocenters. The molecule has 0 atom stereocenters. The number of nitrogens with zero attached hydrogens (tertiary/aromatic N) is 5. The van der Waals surface area contributed by atoms with Crippen LogP contribution in [0, 0.1) is 16.0 Å². The summed E-state index contributed by atoms with van der Waals surface area (Å²) in [5.74, 6) is 0.260. The number of hydrogen-bond donors (Lipinski definition) is 0. The van der Waals surface area contributed by atoms with Crippen LogP contribution in [0.25, 0.3) is 11.4 Å². The van der Waals surface area contributed by atoms with E-state index in [0.717, 1.165) is 6.42 Å². The van der Waals surface area contributed by atoms with Crippen molar-refractivity contribution in [2.45, 2.75) is 26.8 Å². The largest absolute Gasteiger partial charge is 0.390 e. The first-order valence-corrected chi connectivity index (χ1v) is 6.63. The number of hydrogen-bond acceptors (Lipinski definition) is 5. The Morgan fingerprint density at radius 3 is 2.67 bits per heavy atom. The molecule has 2 aromatic heterocycles. The van der Waals surface area contributed by atoms with E-state index in [-0.39, 0.29) is 5.82 Å². The fraction of sp³-hybridized carbons (Fsp3) is 0.462. The highest BCUT2D eigenvalue weighted by Crippen LogP contribution is 2.24. The van der Waals surface area contributed by atoms with Gasteiger partial charge in [-0.25, -0.2) is 0 Å². The molecule has 2 aromatic rings. The van der Waals surface area contributed by atoms with Crippen molar-refractivity contribution in [3.63, 3.8) is 0 Å². The van der Waals surface area contributed by atoms with E-state index in [2.05, 4.69) is 24.0 Å². The lowest BCUT2D eigenvalue weighted by atomic mass is 10.1. The molecule has 0 amide bonds. The molecule has 8 heteroatoms. The molecule has 0 fully saturated rings. The molecule has 112 valence electrons. The van der Waals surface area contributed by atoms with Crippen LogP contribution in [0.15, 0.2) is 12.3 Å². The molecular formula is C13H17N5O3. The lowest BCUT2D eigenvalue weighted by molar-refractivity contribution is -0.389. The summed E-state index contributed by atoms with van der Waals surface area (Å²) in [7, 11) is 1.59. The van der Waals surface area contributed by atoms with Gasteiger partial charge in [-0.05, 0) is 17.3 Å². The van der Waals surface area contributed by atoms with Gasteiger partial charge in [-0.3, -0.25) is 9.48 Å². The standard InChI is InChI=1S/C13H17N5O3/c1-9(2)4-5-17-7-10(8-19)13(15-17)11-6-12(18(20)21)14-16(11)3/h6-9H,4-5H2,1-3H3. The molecule has 0 N–H and O–H groups in total. The van der Waals surface area contributed by atoms with Gasteiger partial charge in [0, 0.05) is 12.7 Å². The first-order valence-electron chi connectivity index (χ1n) is 6.63. The van der Waals surface area contributed by atoms with Gasteiger partial charge in [0.1, 0.15) is 11.4 Å². The molecule has 0 aliphatic heterocycles. The Morgan fingerprint density at radius 2 is 2.14 bits per heavy atom. The monoisotopic (exact) mass is 291 g/mol. The van der Waals surface area contributed by atoms with Crippen LogP contribution in [0.1, 0.15) is 30.6 Å². The van der Waals surface area contributed by atoms with Crippen LogP contribution >= 0.6 is 0 Å². The zero-order valence-corrected chi connectivity index (χ0v) is 12.2. The van der Waals surface area contributed by atoms with Crippen molar-refractivity contribution in [1.29, 1.82) is 0 Å². The van der Waals surface area contributed by atoms with E-state index in [9.17, 15) is 14.9 Å². The molecule has 8 nitrogen and oxygen atoms in total. The first kappa shape index (κ1) is 14.9. The third-order valence-electron chi connectivity index (χ3n) is 3.15. The molecule has 0 saturated carbocycles. The minimum absolute atomic E-state index is 0.263. The second-order valence-corrected chi connectivity index (χ2v) is 5.26. The Kier molecular flexibility index (Phi) is 4.15. The van der Waals surface area contributed by atoms with E-state index in [1.165, 1.54) is 10.7 Å². The van der Waals surface area contributed by atoms with Gasteiger partial charge in [0.2, 0.25) is 0 Å². The van der Waals surface area contributed by atoms with E-state index in [1.54, 1.807) is 17.9 Å². The minimum atomic E-state index is -0.570. The highest BCUT2D eigenvalue weighted by atomic mass is 16.6. The summed E-state index contributed by atoms with van der Waals surface area (Å²) >= 11 is 0. The summed E-state index contributed by atoms with van der Waals surface area (Å²) in [4.78, 5) is 21.4. The summed E-state index contributed by atoms with van der Waals surface area (Å²) in [5, 5.41) is 18.9. The summed E-state index contributed by atoms with van der Waals surface area (Å²) in [6.45, 7) is 4.91. The highest BCUT2D eigenvalue weighted by molar-refractivity contribution is 5.84. The third-order valence-corrected chi connectivity index (χ3v) is 3.15. The number of rotatable bonds is 6. The Bertz CT molecular complexity index is 671. The maximum absolute atomic E-state index is 11.2. The SMILES string of the molecule is CC(C)CCn1cc(C=O)c(-c2cc([N+](=O)[O-])nn2C)n1. The number of aldehydes is 1. The van der Waals surface area contributed by atoms with Crippen molar-refractivity contribution in [1.82, 2.24) is 19.6 Å². The van der Waals surface area contributed by atoms with Gasteiger partial charge in [0.25, 0.3) is 0 Å². The fourth-order valence-electron chi connectivity index (χ4n) is 1.99. The molecule has 0 aliphatic carbocycles. The van der Waals surface area contributed by atoms with E-state index >= 15 is 0 Å². The summed E-state index contributed by atoms with van der Waals surface area (Å²) in [6, 6.07) is 1.32. The zero-order chi connectivity index (χ0) is 15.6. The Balaban J connectivity index is 2.38. The molecule has 0 aliphatic rings. The second kappa shape index (κ2) is 5.86. The van der Waals surface area contributed by atoms with E-state index in [1.807, 2.05) is 0 Å². The molecule has 0 aromatic carbocycles. The average Bonchev–Trinajstić information content (AvgIpc) is 2.99. The normalized spacial score (nSPS) is 11.0. The van der Waals surface area contributed by atoms with E-state index in [4.69, 9.17) is 0 Å². The molecule has 0 saturated heterocycles. The van der Waals surface area contributed by atoms with Crippen LogP contribution in [0.3, 0.4) is 0 Å². The third kappa shape index (κ3) is 3.15. The van der Waals surface area contributed by atoms with Gasteiger partial charge in [-0.2, -0.15) is 9.78 Å². The first-order chi connectivity index (χ1) is 9.92. The van der Waals surface area contributed by atoms with E-state index < -0.39 is 4.92 Å². The Labute approximate surface area is 121 Å². The zero-order valence-electron chi connectivity index (χ0n) is 12.2. The molecule has 0 bridgehead atoms. The van der Waals surface area contributed by atoms with Crippen LogP contribution in [-0.4, -0.2) is 30.8 Å². The van der Waals surface area contributed by atoms with Crippen LogP contribution < -0.4 is 0 Å². The predicted octanol–water partition coefficient (Wildman–Crippen LogP) is 2.05. The number of aromatic nitrogens is 4. The second-order valence-electron chi connectivity index (χ2n) is 5.26. The number of aryl methyl sites for hydroxylation is 2. The van der Waals surface area contributed by atoms with Crippen molar-refractivity contribution in [3.8, 4) is 11.4 Å². The van der Waals surface area contributed by atoms with Crippen molar-refractivity contribution in [2.75, 3.05) is 0 Å². The molecule has 2 heterocycles. The molecule has 0 spiro atoms. The lowest BCUT2D eigenvalue weighted by Gasteiger charge is -2.03. The smallest absolute Gasteiger partial charge is 0.358 e. The van der Waals surface area contributed by atoms with Gasteiger partial charge in [-0.15, -0.1) is 0 Å². The van der Waals surface area contributed by atoms with Crippen LogP contribution in [-0.2, 0) is 13.6 Å². The van der Waals surface area contributed by atoms with Crippen LogP contribution in [0.5, 0.6) is 0 Å². The van der Waals surface area contributed by atoms with Gasteiger partial charge in [0.05, 0.1) is 23.8 Å². The Hall–Kier alpha value is -2.51. The topological polar surface area (TPSA) is 95.9 Å². The quantitative estimate of drug-likeness (QED) is 0.461. The van der Waals surface area contributed by atoms with Crippen LogP contribution in [0.4, 0.5) is 5.82 Å². The van der Waals surface area contributed by atoms with Crippen molar-refractivity contribution in [2.24, 2.45) is 13.0 Å². The maximum atomic E-state index is 11.2. The van der Waals surface area contributed by atoms with Crippen molar-refractivity contribution in [3.05, 3.63) is 27.9 Å². The van der Waals surface area contributed by atoms with Gasteiger partial charge in [-0.1, -0.05) is 13.8 Å². The molecular weight excluding hydrogens is 274 g/mol. The molecule has 21 heavy (non-hydrogen) atoms. The minimum Gasteiger partial charge on any atom is -0.358 e.